The first-order valence-corrected chi connectivity index (χ1v) is 17.9. The van der Waals surface area contributed by atoms with Gasteiger partial charge in [-0.2, -0.15) is 0 Å². The van der Waals surface area contributed by atoms with Gasteiger partial charge >= 0.3 is 0 Å². The molecule has 1 heterocycles. The normalized spacial score (nSPS) is 11.8. The van der Waals surface area contributed by atoms with Crippen LogP contribution in [0.4, 0.5) is 34.1 Å². The van der Waals surface area contributed by atoms with Gasteiger partial charge in [-0.15, -0.1) is 0 Å². The molecule has 0 bridgehead atoms. The van der Waals surface area contributed by atoms with Crippen LogP contribution in [0.3, 0.4) is 0 Å². The van der Waals surface area contributed by atoms with Crippen LogP contribution in [-0.4, -0.2) is 0 Å². The third-order valence-electron chi connectivity index (χ3n) is 10.4. The molecule has 0 aromatic heterocycles. The fourth-order valence-corrected chi connectivity index (χ4v) is 7.99. The third kappa shape index (κ3) is 4.96. The summed E-state index contributed by atoms with van der Waals surface area (Å²) in [5.74, 6) is 0. The molecule has 0 saturated heterocycles. The van der Waals surface area contributed by atoms with Crippen LogP contribution >= 0.6 is 0 Å². The Morgan fingerprint density at radius 2 is 0.885 bits per heavy atom. The number of hydrogen-bond acceptors (Lipinski definition) is 2. The van der Waals surface area contributed by atoms with Gasteiger partial charge in [0.2, 0.25) is 0 Å². The zero-order valence-corrected chi connectivity index (χ0v) is 28.5. The quantitative estimate of drug-likeness (QED) is 0.181. The van der Waals surface area contributed by atoms with Crippen LogP contribution in [0.2, 0.25) is 0 Å². The summed E-state index contributed by atoms with van der Waals surface area (Å²) in [6, 6.07) is 74.8. The van der Waals surface area contributed by atoms with E-state index in [1.807, 2.05) is 0 Å². The van der Waals surface area contributed by atoms with E-state index in [4.69, 9.17) is 0 Å². The molecule has 244 valence electrons. The molecule has 10 rings (SSSR count). The highest BCUT2D eigenvalue weighted by Crippen LogP contribution is 2.52. The molecule has 1 aliphatic rings. The second-order valence-electron chi connectivity index (χ2n) is 13.3. The lowest BCUT2D eigenvalue weighted by atomic mass is 9.86. The van der Waals surface area contributed by atoms with Crippen molar-refractivity contribution in [1.82, 2.24) is 0 Å². The number of hydrogen-bond donors (Lipinski definition) is 0. The highest BCUT2D eigenvalue weighted by Gasteiger charge is 2.27. The van der Waals surface area contributed by atoms with E-state index in [9.17, 15) is 0 Å². The molecule has 2 heteroatoms. The second-order valence-corrected chi connectivity index (χ2v) is 13.3. The summed E-state index contributed by atoms with van der Waals surface area (Å²) in [4.78, 5) is 4.81. The van der Waals surface area contributed by atoms with Crippen molar-refractivity contribution in [1.29, 1.82) is 0 Å². The molecule has 0 amide bonds. The molecule has 1 aliphatic heterocycles. The second kappa shape index (κ2) is 12.5. The fourth-order valence-electron chi connectivity index (χ4n) is 7.99. The summed E-state index contributed by atoms with van der Waals surface area (Å²) in [5.41, 5.74) is 14.1. The van der Waals surface area contributed by atoms with Gasteiger partial charge in [0, 0.05) is 33.6 Å². The minimum Gasteiger partial charge on any atom is -0.310 e. The fraction of sp³-hybridized carbons (Fsp3) is 0. The Hall–Kier alpha value is -6.90. The Kier molecular flexibility index (Phi) is 7.18. The number of benzene rings is 9. The van der Waals surface area contributed by atoms with Crippen molar-refractivity contribution < 1.29 is 0 Å². The average molecular weight is 663 g/mol. The standard InChI is InChI=1S/C50H34N2/c1-3-16-39(17-4-1)51(40-18-5-2-6-19-40)49-33-32-45-43-21-10-12-25-48(43)52(47-24-11-9-20-42(47)44-22-13-23-46(49)50(44)45)41-30-28-36(29-31-41)38-27-26-35-14-7-8-15-37(35)34-38/h1-34H. The summed E-state index contributed by atoms with van der Waals surface area (Å²) >= 11 is 0. The lowest BCUT2D eigenvalue weighted by molar-refractivity contribution is 1.28. The van der Waals surface area contributed by atoms with Crippen LogP contribution < -0.4 is 9.80 Å². The van der Waals surface area contributed by atoms with Crippen molar-refractivity contribution >= 4 is 55.7 Å². The van der Waals surface area contributed by atoms with Crippen molar-refractivity contribution in [2.75, 3.05) is 9.80 Å². The highest BCUT2D eigenvalue weighted by atomic mass is 15.2. The summed E-state index contributed by atoms with van der Waals surface area (Å²) in [6.45, 7) is 0. The maximum absolute atomic E-state index is 2.44. The number of rotatable bonds is 5. The van der Waals surface area contributed by atoms with Gasteiger partial charge in [-0.05, 0) is 99.1 Å². The monoisotopic (exact) mass is 662 g/mol. The van der Waals surface area contributed by atoms with E-state index in [-0.39, 0.29) is 0 Å². The van der Waals surface area contributed by atoms with E-state index in [0.29, 0.717) is 0 Å². The van der Waals surface area contributed by atoms with Gasteiger partial charge in [0.1, 0.15) is 0 Å². The zero-order valence-electron chi connectivity index (χ0n) is 28.5. The van der Waals surface area contributed by atoms with Crippen LogP contribution in [0.15, 0.2) is 206 Å². The van der Waals surface area contributed by atoms with Crippen LogP contribution in [0.5, 0.6) is 0 Å². The van der Waals surface area contributed by atoms with E-state index < -0.39 is 0 Å². The van der Waals surface area contributed by atoms with E-state index in [1.165, 1.54) is 54.9 Å². The van der Waals surface area contributed by atoms with Gasteiger partial charge in [-0.3, -0.25) is 0 Å². The van der Waals surface area contributed by atoms with Gasteiger partial charge in [0.25, 0.3) is 0 Å². The molecular formula is C50H34N2. The minimum absolute atomic E-state index is 1.12. The van der Waals surface area contributed by atoms with Gasteiger partial charge in [-0.25, -0.2) is 0 Å². The Morgan fingerprint density at radius 1 is 0.346 bits per heavy atom. The predicted molar refractivity (Wildman–Crippen MR) is 221 cm³/mol. The van der Waals surface area contributed by atoms with Gasteiger partial charge < -0.3 is 9.80 Å². The molecule has 0 fully saturated rings. The summed E-state index contributed by atoms with van der Waals surface area (Å²) in [5, 5.41) is 4.97. The first-order chi connectivity index (χ1) is 25.8. The Bertz CT molecular complexity index is 2640. The first kappa shape index (κ1) is 30.0. The smallest absolute Gasteiger partial charge is 0.0540 e. The third-order valence-corrected chi connectivity index (χ3v) is 10.4. The molecule has 0 atom stereocenters. The van der Waals surface area contributed by atoms with Gasteiger partial charge in [-0.1, -0.05) is 146 Å². The van der Waals surface area contributed by atoms with E-state index in [1.54, 1.807) is 0 Å². The molecule has 9 aromatic rings. The van der Waals surface area contributed by atoms with Crippen LogP contribution in [-0.2, 0) is 0 Å². The summed E-state index contributed by atoms with van der Waals surface area (Å²) in [7, 11) is 0. The zero-order chi connectivity index (χ0) is 34.4. The molecule has 0 spiro atoms. The van der Waals surface area contributed by atoms with E-state index in [0.717, 1.165) is 34.1 Å². The van der Waals surface area contributed by atoms with Crippen molar-refractivity contribution in [3.63, 3.8) is 0 Å². The average Bonchev–Trinajstić information content (AvgIpc) is 3.22. The van der Waals surface area contributed by atoms with Crippen LogP contribution in [0, 0.1) is 0 Å². The summed E-state index contributed by atoms with van der Waals surface area (Å²) < 4.78 is 0. The molecule has 0 aliphatic carbocycles. The maximum Gasteiger partial charge on any atom is 0.0540 e. The molecule has 52 heavy (non-hydrogen) atoms. The molecular weight excluding hydrogens is 629 g/mol. The van der Waals surface area contributed by atoms with Crippen LogP contribution in [0.1, 0.15) is 0 Å². The Morgan fingerprint density at radius 3 is 1.56 bits per heavy atom. The number of nitrogens with zero attached hydrogens (tertiary/aromatic N) is 2. The largest absolute Gasteiger partial charge is 0.310 e. The predicted octanol–water partition coefficient (Wildman–Crippen LogP) is 14.2. The molecule has 9 aromatic carbocycles. The first-order valence-electron chi connectivity index (χ1n) is 17.9. The number of para-hydroxylation sites is 4. The molecule has 0 unspecified atom stereocenters. The minimum atomic E-state index is 1.12. The maximum atomic E-state index is 2.44. The SMILES string of the molecule is c1ccc(N(c2ccccc2)c2ccc3c4c(cccc24)-c2ccccc2N(c2ccc(-c4ccc5ccccc5c4)cc2)c2ccccc2-3)cc1. The topological polar surface area (TPSA) is 6.48 Å². The van der Waals surface area contributed by atoms with Crippen molar-refractivity contribution in [3.8, 4) is 33.4 Å². The Labute approximate surface area is 304 Å². The Balaban J connectivity index is 1.18. The molecule has 0 radical (unpaired) electrons. The number of fused-ring (bicyclic) bond motifs is 5. The summed E-state index contributed by atoms with van der Waals surface area (Å²) in [6.07, 6.45) is 0. The van der Waals surface area contributed by atoms with Crippen molar-refractivity contribution in [3.05, 3.63) is 206 Å². The molecule has 2 nitrogen and oxygen atoms in total. The highest BCUT2D eigenvalue weighted by molar-refractivity contribution is 6.16. The van der Waals surface area contributed by atoms with E-state index in [2.05, 4.69) is 216 Å². The number of anilines is 6. The lowest BCUT2D eigenvalue weighted by Crippen LogP contribution is -2.14. The van der Waals surface area contributed by atoms with Crippen LogP contribution in [0.25, 0.3) is 54.9 Å². The van der Waals surface area contributed by atoms with Crippen molar-refractivity contribution in [2.24, 2.45) is 0 Å². The van der Waals surface area contributed by atoms with Gasteiger partial charge in [0.15, 0.2) is 0 Å². The molecule has 0 N–H and O–H groups in total. The molecule has 0 saturated carbocycles. The van der Waals surface area contributed by atoms with E-state index >= 15 is 0 Å². The van der Waals surface area contributed by atoms with Gasteiger partial charge in [0.05, 0.1) is 17.1 Å². The van der Waals surface area contributed by atoms with Crippen molar-refractivity contribution in [2.45, 2.75) is 0 Å². The lowest BCUT2D eigenvalue weighted by Gasteiger charge is -2.33.